The van der Waals surface area contributed by atoms with Gasteiger partial charge in [0.25, 0.3) is 15.5 Å². The van der Waals surface area contributed by atoms with Crippen molar-refractivity contribution in [1.29, 1.82) is 0 Å². The quantitative estimate of drug-likeness (QED) is 0.576. The van der Waals surface area contributed by atoms with Gasteiger partial charge in [-0.25, -0.2) is 8.42 Å². The van der Waals surface area contributed by atoms with E-state index in [0.717, 1.165) is 6.07 Å². The predicted molar refractivity (Wildman–Crippen MR) is 91.4 cm³/mol. The number of benzene rings is 2. The van der Waals surface area contributed by atoms with Gasteiger partial charge in [-0.1, -0.05) is 18.2 Å². The molecule has 0 aromatic heterocycles. The number of sulfone groups is 1. The molecule has 0 aliphatic heterocycles. The number of hydrogen-bond acceptors (Lipinski definition) is 6. The van der Waals surface area contributed by atoms with E-state index < -0.39 is 36.9 Å². The van der Waals surface area contributed by atoms with E-state index in [4.69, 9.17) is 4.74 Å². The van der Waals surface area contributed by atoms with Crippen molar-refractivity contribution in [2.24, 2.45) is 0 Å². The van der Waals surface area contributed by atoms with Crippen LogP contribution in [-0.4, -0.2) is 26.0 Å². The number of nitro groups is 1. The van der Waals surface area contributed by atoms with Crippen molar-refractivity contribution in [2.45, 2.75) is 23.4 Å². The van der Waals surface area contributed by atoms with Gasteiger partial charge in [0.05, 0.1) is 23.0 Å². The average molecular weight is 404 g/mol. The summed E-state index contributed by atoms with van der Waals surface area (Å²) >= 11 is 0. The van der Waals surface area contributed by atoms with E-state index in [1.807, 2.05) is 0 Å². The van der Waals surface area contributed by atoms with Gasteiger partial charge in [0.2, 0.25) is 0 Å². The molecule has 2 rings (SSSR count). The lowest BCUT2D eigenvalue weighted by Crippen LogP contribution is -2.23. The molecule has 0 heterocycles. The molecule has 0 aliphatic carbocycles. The minimum Gasteiger partial charge on any atom is -0.496 e. The van der Waals surface area contributed by atoms with E-state index in [1.165, 1.54) is 7.11 Å². The van der Waals surface area contributed by atoms with Crippen molar-refractivity contribution < 1.29 is 31.2 Å². The summed E-state index contributed by atoms with van der Waals surface area (Å²) < 4.78 is 66.2. The lowest BCUT2D eigenvalue weighted by Gasteiger charge is -2.18. The minimum absolute atomic E-state index is 0.125. The second-order valence-electron chi connectivity index (χ2n) is 5.49. The molecule has 0 fully saturated rings. The van der Waals surface area contributed by atoms with Crippen LogP contribution in [0.4, 0.5) is 24.5 Å². The van der Waals surface area contributed by atoms with Gasteiger partial charge >= 0.3 is 5.51 Å². The number of nitro benzene ring substituents is 1. The van der Waals surface area contributed by atoms with Crippen LogP contribution in [-0.2, 0) is 9.84 Å². The van der Waals surface area contributed by atoms with Crippen molar-refractivity contribution in [3.05, 3.63) is 58.1 Å². The monoisotopic (exact) mass is 404 g/mol. The lowest BCUT2D eigenvalue weighted by atomic mass is 10.1. The fourth-order valence-electron chi connectivity index (χ4n) is 2.42. The summed E-state index contributed by atoms with van der Waals surface area (Å²) in [5.41, 5.74) is -5.82. The van der Waals surface area contributed by atoms with Crippen molar-refractivity contribution in [2.75, 3.05) is 12.4 Å². The van der Waals surface area contributed by atoms with E-state index in [0.29, 0.717) is 23.4 Å². The third-order valence-corrected chi connectivity index (χ3v) is 5.24. The highest BCUT2D eigenvalue weighted by atomic mass is 32.2. The molecule has 11 heteroatoms. The molecule has 0 unspecified atom stereocenters. The lowest BCUT2D eigenvalue weighted by molar-refractivity contribution is -0.384. The van der Waals surface area contributed by atoms with Gasteiger partial charge in [-0.2, -0.15) is 13.2 Å². The summed E-state index contributed by atoms with van der Waals surface area (Å²) in [5.74, 6) is 0.511. The first-order valence-electron chi connectivity index (χ1n) is 7.48. The Morgan fingerprint density at radius 2 is 1.81 bits per heavy atom. The topological polar surface area (TPSA) is 98.5 Å². The molecule has 0 bridgehead atoms. The average Bonchev–Trinajstić information content (AvgIpc) is 2.60. The van der Waals surface area contributed by atoms with Crippen LogP contribution in [0.5, 0.6) is 5.75 Å². The van der Waals surface area contributed by atoms with Crippen LogP contribution in [0.25, 0.3) is 0 Å². The molecule has 0 spiro atoms. The van der Waals surface area contributed by atoms with Gasteiger partial charge in [-0.15, -0.1) is 0 Å². The van der Waals surface area contributed by atoms with Gasteiger partial charge < -0.3 is 10.1 Å². The fraction of sp³-hybridized carbons (Fsp3) is 0.250. The summed E-state index contributed by atoms with van der Waals surface area (Å²) in [5, 5.41) is 14.1. The number of nitrogens with one attached hydrogen (secondary N) is 1. The van der Waals surface area contributed by atoms with Crippen LogP contribution in [0.1, 0.15) is 18.5 Å². The smallest absolute Gasteiger partial charge is 0.496 e. The van der Waals surface area contributed by atoms with E-state index in [2.05, 4.69) is 5.32 Å². The molecule has 0 radical (unpaired) electrons. The van der Waals surface area contributed by atoms with Crippen molar-refractivity contribution in [3.63, 3.8) is 0 Å². The molecule has 1 N–H and O–H groups in total. The maximum atomic E-state index is 12.7. The van der Waals surface area contributed by atoms with Crippen LogP contribution in [0.2, 0.25) is 0 Å². The zero-order chi connectivity index (χ0) is 20.4. The third-order valence-electron chi connectivity index (χ3n) is 3.76. The number of alkyl halides is 3. The number of rotatable bonds is 6. The normalized spacial score (nSPS) is 13.1. The largest absolute Gasteiger partial charge is 0.501 e. The van der Waals surface area contributed by atoms with E-state index in [9.17, 15) is 31.7 Å². The van der Waals surface area contributed by atoms with Crippen LogP contribution in [0.3, 0.4) is 0 Å². The predicted octanol–water partition coefficient (Wildman–Crippen LogP) is 4.07. The van der Waals surface area contributed by atoms with Crippen molar-refractivity contribution in [3.8, 4) is 5.75 Å². The Labute approximate surface area is 152 Å². The van der Waals surface area contributed by atoms with Crippen LogP contribution >= 0.6 is 0 Å². The summed E-state index contributed by atoms with van der Waals surface area (Å²) in [6.07, 6.45) is 0. The fourth-order valence-corrected chi connectivity index (χ4v) is 3.20. The second-order valence-corrected chi connectivity index (χ2v) is 7.43. The molecule has 2 aromatic carbocycles. The highest BCUT2D eigenvalue weighted by Gasteiger charge is 2.47. The summed E-state index contributed by atoms with van der Waals surface area (Å²) in [6.45, 7) is 1.67. The minimum atomic E-state index is -5.69. The van der Waals surface area contributed by atoms with Gasteiger partial charge in [0.1, 0.15) is 11.4 Å². The Balaban J connectivity index is 2.45. The van der Waals surface area contributed by atoms with Crippen molar-refractivity contribution in [1.82, 2.24) is 0 Å². The molecular formula is C16H15F3N2O5S. The number of methoxy groups -OCH3 is 1. The standard InChI is InChI=1S/C16H15F3N2O5S/c1-10(12-5-3-4-6-15(12)26-2)20-13-8-7-11(9-14(13)21(22)23)27(24,25)16(17,18)19/h3-10,20H,1-2H3/t10-/m1/s1. The summed E-state index contributed by atoms with van der Waals surface area (Å²) in [6, 6.07) is 8.34. The SMILES string of the molecule is COc1ccccc1[C@@H](C)Nc1ccc(S(=O)(=O)C(F)(F)F)cc1[N+](=O)[O-]. The van der Waals surface area contributed by atoms with E-state index >= 15 is 0 Å². The number of hydrogen-bond donors (Lipinski definition) is 1. The highest BCUT2D eigenvalue weighted by molar-refractivity contribution is 7.92. The molecule has 0 aliphatic rings. The number of halogens is 3. The zero-order valence-corrected chi connectivity index (χ0v) is 15.0. The third kappa shape index (κ3) is 4.13. The Bertz CT molecular complexity index is 961. The Morgan fingerprint density at radius 3 is 2.37 bits per heavy atom. The number of nitrogens with zero attached hydrogens (tertiary/aromatic N) is 1. The van der Waals surface area contributed by atoms with Crippen LogP contribution in [0, 0.1) is 10.1 Å². The first kappa shape index (κ1) is 20.5. The summed E-state index contributed by atoms with van der Waals surface area (Å²) in [7, 11) is -4.24. The molecule has 146 valence electrons. The Hall–Kier alpha value is -2.82. The molecule has 27 heavy (non-hydrogen) atoms. The van der Waals surface area contributed by atoms with Gasteiger partial charge in [0, 0.05) is 11.6 Å². The van der Waals surface area contributed by atoms with Crippen LogP contribution in [0.15, 0.2) is 47.4 Å². The molecule has 0 saturated carbocycles. The Kier molecular flexibility index (Phi) is 5.64. The maximum absolute atomic E-state index is 12.7. The van der Waals surface area contributed by atoms with Gasteiger partial charge in [-0.3, -0.25) is 10.1 Å². The first-order valence-corrected chi connectivity index (χ1v) is 8.96. The number of anilines is 1. The molecule has 1 atom stereocenters. The maximum Gasteiger partial charge on any atom is 0.501 e. The Morgan fingerprint density at radius 1 is 1.19 bits per heavy atom. The van der Waals surface area contributed by atoms with Crippen LogP contribution < -0.4 is 10.1 Å². The van der Waals surface area contributed by atoms with E-state index in [-0.39, 0.29) is 5.69 Å². The molecule has 2 aromatic rings. The first-order chi connectivity index (χ1) is 12.5. The summed E-state index contributed by atoms with van der Waals surface area (Å²) in [4.78, 5) is 9.11. The zero-order valence-electron chi connectivity index (χ0n) is 14.1. The van der Waals surface area contributed by atoms with Gasteiger partial charge in [-0.05, 0) is 25.1 Å². The molecular weight excluding hydrogens is 389 g/mol. The number of ether oxygens (including phenoxy) is 1. The molecule has 0 amide bonds. The number of para-hydroxylation sites is 1. The highest BCUT2D eigenvalue weighted by Crippen LogP contribution is 2.36. The second kappa shape index (κ2) is 7.43. The van der Waals surface area contributed by atoms with Crippen molar-refractivity contribution >= 4 is 21.2 Å². The van der Waals surface area contributed by atoms with E-state index in [1.54, 1.807) is 31.2 Å². The van der Waals surface area contributed by atoms with Gasteiger partial charge in [0.15, 0.2) is 0 Å². The molecule has 0 saturated heterocycles. The molecule has 7 nitrogen and oxygen atoms in total.